The maximum absolute atomic E-state index is 12.2. The van der Waals surface area contributed by atoms with Crippen LogP contribution in [0.3, 0.4) is 0 Å². The molecule has 0 unspecified atom stereocenters. The Labute approximate surface area is 84.7 Å². The van der Waals surface area contributed by atoms with E-state index in [4.69, 9.17) is 17.3 Å². The molecule has 0 aliphatic carbocycles. The van der Waals surface area contributed by atoms with E-state index in [1.54, 1.807) is 6.92 Å². The van der Waals surface area contributed by atoms with Gasteiger partial charge in [-0.3, -0.25) is 0 Å². The van der Waals surface area contributed by atoms with Gasteiger partial charge in [-0.2, -0.15) is 13.2 Å². The Bertz CT molecular complexity index is 335. The summed E-state index contributed by atoms with van der Waals surface area (Å²) in [7, 11) is 0. The van der Waals surface area contributed by atoms with Crippen LogP contribution in [0.25, 0.3) is 0 Å². The Balaban J connectivity index is 3.03. The number of hydrogen-bond acceptors (Lipinski definition) is 1. The lowest BCUT2D eigenvalue weighted by molar-refractivity contribution is -0.149. The minimum Gasteiger partial charge on any atom is -0.316 e. The highest BCUT2D eigenvalue weighted by atomic mass is 35.5. The molecule has 0 bridgehead atoms. The van der Waals surface area contributed by atoms with Gasteiger partial charge in [0.25, 0.3) is 0 Å². The highest BCUT2D eigenvalue weighted by Gasteiger charge is 2.37. The van der Waals surface area contributed by atoms with E-state index < -0.39 is 12.2 Å². The highest BCUT2D eigenvalue weighted by Crippen LogP contribution is 2.31. The molecule has 0 radical (unpaired) electrons. The average Bonchev–Trinajstić information content (AvgIpc) is 2.07. The summed E-state index contributed by atoms with van der Waals surface area (Å²) in [6.07, 6.45) is -4.42. The Morgan fingerprint density at radius 1 is 1.36 bits per heavy atom. The van der Waals surface area contributed by atoms with Crippen molar-refractivity contribution in [2.75, 3.05) is 0 Å². The van der Waals surface area contributed by atoms with Gasteiger partial charge < -0.3 is 5.73 Å². The Kier molecular flexibility index (Phi) is 3.07. The number of rotatable bonds is 1. The molecule has 0 fully saturated rings. The quantitative estimate of drug-likeness (QED) is 0.777. The summed E-state index contributed by atoms with van der Waals surface area (Å²) in [5, 5.41) is 0.433. The fourth-order valence-electron chi connectivity index (χ4n) is 1.05. The summed E-state index contributed by atoms with van der Waals surface area (Å²) in [5.74, 6) is 0. The van der Waals surface area contributed by atoms with Gasteiger partial charge in [-0.1, -0.05) is 23.7 Å². The van der Waals surface area contributed by atoms with Gasteiger partial charge in [0.2, 0.25) is 0 Å². The van der Waals surface area contributed by atoms with Crippen molar-refractivity contribution in [1.29, 1.82) is 0 Å². The van der Waals surface area contributed by atoms with Crippen LogP contribution in [0.2, 0.25) is 5.02 Å². The van der Waals surface area contributed by atoms with E-state index in [1.165, 1.54) is 18.2 Å². The van der Waals surface area contributed by atoms with Crippen LogP contribution in [0, 0.1) is 6.92 Å². The molecule has 2 N–H and O–H groups in total. The van der Waals surface area contributed by atoms with Crippen molar-refractivity contribution in [3.05, 3.63) is 34.3 Å². The van der Waals surface area contributed by atoms with Gasteiger partial charge in [-0.05, 0) is 24.1 Å². The lowest BCUT2D eigenvalue weighted by Gasteiger charge is -2.16. The topological polar surface area (TPSA) is 26.0 Å². The molecule has 1 atom stereocenters. The number of alkyl halides is 3. The van der Waals surface area contributed by atoms with Crippen LogP contribution in [0.5, 0.6) is 0 Å². The van der Waals surface area contributed by atoms with Crippen LogP contribution in [0.15, 0.2) is 18.2 Å². The summed E-state index contributed by atoms with van der Waals surface area (Å²) < 4.78 is 36.6. The van der Waals surface area contributed by atoms with Crippen LogP contribution in [0.1, 0.15) is 17.2 Å². The van der Waals surface area contributed by atoms with E-state index in [1.807, 2.05) is 0 Å². The van der Waals surface area contributed by atoms with Gasteiger partial charge in [0.05, 0.1) is 0 Å². The summed E-state index contributed by atoms with van der Waals surface area (Å²) >= 11 is 5.68. The van der Waals surface area contributed by atoms with E-state index in [2.05, 4.69) is 0 Å². The third-order valence-electron chi connectivity index (χ3n) is 1.89. The largest absolute Gasteiger partial charge is 0.407 e. The summed E-state index contributed by atoms with van der Waals surface area (Å²) in [4.78, 5) is 0. The average molecular weight is 224 g/mol. The summed E-state index contributed by atoms with van der Waals surface area (Å²) in [6, 6.07) is 2.10. The van der Waals surface area contributed by atoms with Crippen molar-refractivity contribution in [2.45, 2.75) is 19.1 Å². The molecule has 0 aliphatic rings. The van der Waals surface area contributed by atoms with Crippen molar-refractivity contribution in [1.82, 2.24) is 0 Å². The monoisotopic (exact) mass is 223 g/mol. The lowest BCUT2D eigenvalue weighted by Crippen LogP contribution is -2.28. The Hall–Kier alpha value is -0.740. The van der Waals surface area contributed by atoms with Crippen LogP contribution in [0.4, 0.5) is 13.2 Å². The fraction of sp³-hybridized carbons (Fsp3) is 0.333. The first-order valence-electron chi connectivity index (χ1n) is 3.90. The van der Waals surface area contributed by atoms with Crippen LogP contribution < -0.4 is 5.73 Å². The van der Waals surface area contributed by atoms with Crippen molar-refractivity contribution in [2.24, 2.45) is 5.73 Å². The number of nitrogens with two attached hydrogens (primary N) is 1. The van der Waals surface area contributed by atoms with Gasteiger partial charge in [-0.15, -0.1) is 0 Å². The molecule has 0 amide bonds. The molecule has 0 aliphatic heterocycles. The zero-order valence-corrected chi connectivity index (χ0v) is 8.15. The molecule has 0 spiro atoms. The first-order chi connectivity index (χ1) is 6.32. The van der Waals surface area contributed by atoms with Crippen molar-refractivity contribution < 1.29 is 13.2 Å². The maximum atomic E-state index is 12.2. The first kappa shape index (κ1) is 11.3. The standard InChI is InChI=1S/C9H9ClF3N/c1-5-4-6(2-3-7(5)10)8(14)9(11,12)13/h2-4,8H,14H2,1H3/t8-/m0/s1. The molecule has 14 heavy (non-hydrogen) atoms. The zero-order chi connectivity index (χ0) is 10.9. The maximum Gasteiger partial charge on any atom is 0.407 e. The molecule has 5 heteroatoms. The zero-order valence-electron chi connectivity index (χ0n) is 7.40. The Morgan fingerprint density at radius 2 is 1.93 bits per heavy atom. The molecular formula is C9H9ClF3N. The fourth-order valence-corrected chi connectivity index (χ4v) is 1.17. The number of halogens is 4. The lowest BCUT2D eigenvalue weighted by atomic mass is 10.1. The molecular weight excluding hydrogens is 215 g/mol. The van der Waals surface area contributed by atoms with E-state index in [0.29, 0.717) is 10.6 Å². The van der Waals surface area contributed by atoms with Crippen LogP contribution in [-0.4, -0.2) is 6.18 Å². The van der Waals surface area contributed by atoms with Crippen molar-refractivity contribution in [3.8, 4) is 0 Å². The van der Waals surface area contributed by atoms with E-state index in [0.717, 1.165) is 0 Å². The molecule has 1 rings (SSSR count). The molecule has 1 nitrogen and oxygen atoms in total. The summed E-state index contributed by atoms with van der Waals surface area (Å²) in [5.41, 5.74) is 5.64. The third kappa shape index (κ3) is 2.39. The van der Waals surface area contributed by atoms with Gasteiger partial charge in [-0.25, -0.2) is 0 Å². The molecule has 1 aromatic carbocycles. The minimum atomic E-state index is -4.42. The van der Waals surface area contributed by atoms with Crippen molar-refractivity contribution >= 4 is 11.6 Å². The van der Waals surface area contributed by atoms with Crippen molar-refractivity contribution in [3.63, 3.8) is 0 Å². The second-order valence-electron chi connectivity index (χ2n) is 3.03. The Morgan fingerprint density at radius 3 is 2.36 bits per heavy atom. The minimum absolute atomic E-state index is 0.0272. The third-order valence-corrected chi connectivity index (χ3v) is 2.32. The number of hydrogen-bond donors (Lipinski definition) is 1. The molecule has 78 valence electrons. The van der Waals surface area contributed by atoms with Gasteiger partial charge in [0.15, 0.2) is 0 Å². The van der Waals surface area contributed by atoms with Gasteiger partial charge in [0, 0.05) is 5.02 Å². The number of aryl methyl sites for hydroxylation is 1. The van der Waals surface area contributed by atoms with Gasteiger partial charge in [0.1, 0.15) is 6.04 Å². The first-order valence-corrected chi connectivity index (χ1v) is 4.28. The normalized spacial score (nSPS) is 14.1. The predicted molar refractivity (Wildman–Crippen MR) is 49.2 cm³/mol. The predicted octanol–water partition coefficient (Wildman–Crippen LogP) is 3.21. The smallest absolute Gasteiger partial charge is 0.316 e. The van der Waals surface area contributed by atoms with E-state index in [-0.39, 0.29) is 5.56 Å². The molecule has 0 saturated heterocycles. The number of benzene rings is 1. The summed E-state index contributed by atoms with van der Waals surface area (Å²) in [6.45, 7) is 1.63. The van der Waals surface area contributed by atoms with Crippen LogP contribution in [-0.2, 0) is 0 Å². The van der Waals surface area contributed by atoms with E-state index in [9.17, 15) is 13.2 Å². The molecule has 0 saturated carbocycles. The second kappa shape index (κ2) is 3.79. The highest BCUT2D eigenvalue weighted by molar-refractivity contribution is 6.31. The van der Waals surface area contributed by atoms with E-state index >= 15 is 0 Å². The second-order valence-corrected chi connectivity index (χ2v) is 3.44. The molecule has 0 aromatic heterocycles. The molecule has 1 aromatic rings. The van der Waals surface area contributed by atoms with Crippen LogP contribution >= 0.6 is 11.6 Å². The SMILES string of the molecule is Cc1cc([C@H](N)C(F)(F)F)ccc1Cl. The van der Waals surface area contributed by atoms with Gasteiger partial charge >= 0.3 is 6.18 Å². The molecule has 0 heterocycles.